The average Bonchev–Trinajstić information content (AvgIpc) is 3.83. The first-order chi connectivity index (χ1) is 27.8. The van der Waals surface area contributed by atoms with E-state index in [-0.39, 0.29) is 5.92 Å². The summed E-state index contributed by atoms with van der Waals surface area (Å²) in [5.41, 5.74) is 10.0. The Morgan fingerprint density at radius 2 is 1.16 bits per heavy atom. The molecule has 5 heteroatoms. The van der Waals surface area contributed by atoms with Gasteiger partial charge < -0.3 is 4.57 Å². The van der Waals surface area contributed by atoms with Gasteiger partial charge in [0, 0.05) is 64.8 Å². The summed E-state index contributed by atoms with van der Waals surface area (Å²) in [4.78, 5) is 15.4. The fraction of sp³-hybridized carbons (Fsp3) is 0.0392. The molecule has 264 valence electrons. The van der Waals surface area contributed by atoms with Crippen LogP contribution in [0.25, 0.3) is 87.1 Å². The minimum atomic E-state index is 0.256. The molecule has 0 bridgehead atoms. The molecule has 0 saturated heterocycles. The van der Waals surface area contributed by atoms with Crippen LogP contribution in [0.5, 0.6) is 0 Å². The number of nitrogens with zero attached hydrogens (tertiary/aromatic N) is 4. The van der Waals surface area contributed by atoms with Crippen molar-refractivity contribution in [3.63, 3.8) is 0 Å². The smallest absolute Gasteiger partial charge is 0.164 e. The molecule has 1 atom stereocenters. The number of fused-ring (bicyclic) bond motifs is 6. The third-order valence-corrected chi connectivity index (χ3v) is 12.2. The summed E-state index contributed by atoms with van der Waals surface area (Å²) in [5.74, 6) is 2.23. The summed E-state index contributed by atoms with van der Waals surface area (Å²) in [5, 5.41) is 5.08. The first kappa shape index (κ1) is 32.5. The van der Waals surface area contributed by atoms with Crippen LogP contribution in [-0.2, 0) is 0 Å². The maximum absolute atomic E-state index is 5.18. The lowest BCUT2D eigenvalue weighted by Gasteiger charge is -2.17. The van der Waals surface area contributed by atoms with Crippen molar-refractivity contribution in [3.05, 3.63) is 199 Å². The maximum atomic E-state index is 5.18. The third-order valence-electron chi connectivity index (χ3n) is 11.0. The van der Waals surface area contributed by atoms with Crippen LogP contribution in [-0.4, -0.2) is 19.5 Å². The first-order valence-corrected chi connectivity index (χ1v) is 19.9. The minimum absolute atomic E-state index is 0.256. The van der Waals surface area contributed by atoms with E-state index >= 15 is 0 Å². The number of thiophene rings is 1. The Bertz CT molecular complexity index is 3170. The zero-order chi connectivity index (χ0) is 37.0. The van der Waals surface area contributed by atoms with Crippen molar-refractivity contribution in [2.45, 2.75) is 12.3 Å². The number of hydrogen-bond acceptors (Lipinski definition) is 4. The molecule has 0 radical (unpaired) electrons. The Morgan fingerprint density at radius 1 is 0.518 bits per heavy atom. The summed E-state index contributed by atoms with van der Waals surface area (Å²) in [6, 6.07) is 60.4. The minimum Gasteiger partial charge on any atom is -0.309 e. The molecule has 3 heterocycles. The van der Waals surface area contributed by atoms with E-state index in [1.165, 1.54) is 47.6 Å². The molecule has 0 fully saturated rings. The van der Waals surface area contributed by atoms with Crippen molar-refractivity contribution in [1.29, 1.82) is 0 Å². The molecule has 10 aromatic rings. The van der Waals surface area contributed by atoms with E-state index < -0.39 is 0 Å². The molecule has 0 amide bonds. The fourth-order valence-electron chi connectivity index (χ4n) is 8.38. The van der Waals surface area contributed by atoms with Crippen molar-refractivity contribution >= 4 is 58.9 Å². The molecule has 0 N–H and O–H groups in total. The third kappa shape index (κ3) is 5.47. The van der Waals surface area contributed by atoms with Gasteiger partial charge in [-0.15, -0.1) is 11.3 Å². The molecule has 11 rings (SSSR count). The average molecular weight is 735 g/mol. The fourth-order valence-corrected chi connectivity index (χ4v) is 9.61. The summed E-state index contributed by atoms with van der Waals surface area (Å²) in [7, 11) is 0. The maximum Gasteiger partial charge on any atom is 0.164 e. The predicted molar refractivity (Wildman–Crippen MR) is 234 cm³/mol. The van der Waals surface area contributed by atoms with Crippen molar-refractivity contribution in [2.75, 3.05) is 0 Å². The highest BCUT2D eigenvalue weighted by Gasteiger charge is 2.21. The molecule has 1 aliphatic rings. The molecule has 7 aromatic carbocycles. The predicted octanol–water partition coefficient (Wildman–Crippen LogP) is 13.5. The highest BCUT2D eigenvalue weighted by atomic mass is 32.1. The number of aromatic nitrogens is 4. The number of allylic oxidation sites excluding steroid dienone is 4. The monoisotopic (exact) mass is 734 g/mol. The first-order valence-electron chi connectivity index (χ1n) is 19.1. The number of rotatable bonds is 6. The molecule has 0 saturated carbocycles. The van der Waals surface area contributed by atoms with Gasteiger partial charge in [0.05, 0.1) is 11.0 Å². The van der Waals surface area contributed by atoms with Gasteiger partial charge in [-0.25, -0.2) is 15.0 Å². The van der Waals surface area contributed by atoms with Crippen molar-refractivity contribution in [3.8, 4) is 39.6 Å². The SMILES string of the molecule is C1=CC(c2nc(-c3ccccc3)nc(-c3cccc(-n4c5ccccc5c5c(-c6cccc7c6sc6ccccc67)cccc54)c3)n2)=CC(c2ccccc2)C1. The van der Waals surface area contributed by atoms with Gasteiger partial charge in [-0.2, -0.15) is 0 Å². The summed E-state index contributed by atoms with van der Waals surface area (Å²) in [6.07, 6.45) is 7.63. The van der Waals surface area contributed by atoms with E-state index in [0.29, 0.717) is 17.5 Å². The molecule has 4 nitrogen and oxygen atoms in total. The van der Waals surface area contributed by atoms with Gasteiger partial charge >= 0.3 is 0 Å². The molecule has 1 aliphatic carbocycles. The van der Waals surface area contributed by atoms with Crippen LogP contribution in [0.1, 0.15) is 23.7 Å². The van der Waals surface area contributed by atoms with E-state index in [1.807, 2.05) is 29.5 Å². The zero-order valence-corrected chi connectivity index (χ0v) is 31.2. The molecule has 0 spiro atoms. The van der Waals surface area contributed by atoms with Gasteiger partial charge in [-0.05, 0) is 47.9 Å². The Labute approximate surface area is 328 Å². The molecular formula is C51H34N4S. The molecular weight excluding hydrogens is 701 g/mol. The lowest BCUT2D eigenvalue weighted by Crippen LogP contribution is -2.05. The van der Waals surface area contributed by atoms with Crippen LogP contribution in [0.4, 0.5) is 0 Å². The highest BCUT2D eigenvalue weighted by Crippen LogP contribution is 2.44. The second kappa shape index (κ2) is 13.4. The Hall–Kier alpha value is -6.95. The van der Waals surface area contributed by atoms with Crippen LogP contribution in [0.15, 0.2) is 188 Å². The topological polar surface area (TPSA) is 43.6 Å². The Kier molecular flexibility index (Phi) is 7.78. The van der Waals surface area contributed by atoms with E-state index in [2.05, 4.69) is 174 Å². The summed E-state index contributed by atoms with van der Waals surface area (Å²) in [6.45, 7) is 0. The van der Waals surface area contributed by atoms with Crippen LogP contribution in [0.3, 0.4) is 0 Å². The lowest BCUT2D eigenvalue weighted by atomic mass is 9.89. The summed E-state index contributed by atoms with van der Waals surface area (Å²) >= 11 is 1.88. The van der Waals surface area contributed by atoms with E-state index in [9.17, 15) is 0 Å². The molecule has 56 heavy (non-hydrogen) atoms. The second-order valence-electron chi connectivity index (χ2n) is 14.3. The molecule has 0 aliphatic heterocycles. The van der Waals surface area contributed by atoms with E-state index in [1.54, 1.807) is 0 Å². The van der Waals surface area contributed by atoms with Gasteiger partial charge in [-0.3, -0.25) is 0 Å². The number of hydrogen-bond donors (Lipinski definition) is 0. The number of benzene rings is 7. The van der Waals surface area contributed by atoms with Gasteiger partial charge in [0.15, 0.2) is 17.5 Å². The molecule has 1 unspecified atom stereocenters. The van der Waals surface area contributed by atoms with Crippen LogP contribution < -0.4 is 0 Å². The largest absolute Gasteiger partial charge is 0.309 e. The van der Waals surface area contributed by atoms with Crippen LogP contribution in [0, 0.1) is 0 Å². The van der Waals surface area contributed by atoms with Crippen LogP contribution in [0.2, 0.25) is 0 Å². The van der Waals surface area contributed by atoms with Gasteiger partial charge in [0.25, 0.3) is 0 Å². The zero-order valence-electron chi connectivity index (χ0n) is 30.4. The summed E-state index contributed by atoms with van der Waals surface area (Å²) < 4.78 is 5.02. The van der Waals surface area contributed by atoms with E-state index in [0.717, 1.165) is 39.8 Å². The molecule has 3 aromatic heterocycles. The van der Waals surface area contributed by atoms with Gasteiger partial charge in [0.2, 0.25) is 0 Å². The Morgan fingerprint density at radius 3 is 2.04 bits per heavy atom. The van der Waals surface area contributed by atoms with Crippen molar-refractivity contribution in [1.82, 2.24) is 19.5 Å². The van der Waals surface area contributed by atoms with Crippen molar-refractivity contribution in [2.24, 2.45) is 0 Å². The normalized spacial score (nSPS) is 14.2. The standard InChI is InChI=1S/C51H34N4S/c1-3-15-33(16-4-1)35-19-11-20-36(31-35)50-52-49(34-17-5-2-6-18-34)53-51(54-50)37-21-12-22-38(32-37)55-44-28-9-7-24-43(44)47-40(25-14-29-45(47)55)42-27-13-26-41-39-23-8-10-30-46(39)56-48(41)42/h1-18,20-32,35H,19H2. The van der Waals surface area contributed by atoms with Gasteiger partial charge in [-0.1, -0.05) is 158 Å². The Balaban J connectivity index is 1.08. The lowest BCUT2D eigenvalue weighted by molar-refractivity contribution is 0.854. The van der Waals surface area contributed by atoms with E-state index in [4.69, 9.17) is 15.0 Å². The van der Waals surface area contributed by atoms with Crippen LogP contribution >= 0.6 is 11.3 Å². The number of para-hydroxylation sites is 1. The quantitative estimate of drug-likeness (QED) is 0.171. The van der Waals surface area contributed by atoms with Crippen molar-refractivity contribution < 1.29 is 0 Å². The second-order valence-corrected chi connectivity index (χ2v) is 15.4. The van der Waals surface area contributed by atoms with Gasteiger partial charge in [0.1, 0.15) is 0 Å². The highest BCUT2D eigenvalue weighted by molar-refractivity contribution is 7.26.